The van der Waals surface area contributed by atoms with Crippen LogP contribution in [0.2, 0.25) is 0 Å². The molecule has 1 unspecified atom stereocenters. The number of aromatic nitrogens is 2. The Labute approximate surface area is 169 Å². The summed E-state index contributed by atoms with van der Waals surface area (Å²) < 4.78 is 7.56. The average molecular weight is 398 g/mol. The molecule has 0 saturated heterocycles. The molecule has 1 aliphatic heterocycles. The second-order valence-corrected chi connectivity index (χ2v) is 6.92. The van der Waals surface area contributed by atoms with Crippen LogP contribution < -0.4 is 21.5 Å². The third kappa shape index (κ3) is 4.32. The quantitative estimate of drug-likeness (QED) is 0.736. The number of hydrogen-bond acceptors (Lipinski definition) is 6. The Morgan fingerprint density at radius 1 is 1.17 bits per heavy atom. The van der Waals surface area contributed by atoms with E-state index in [9.17, 15) is 14.4 Å². The molecule has 1 N–H and O–H groups in total. The molecular formula is C21H26N4O4. The minimum atomic E-state index is -0.420. The zero-order valence-electron chi connectivity index (χ0n) is 16.9. The number of nitrogens with zero attached hydrogens (tertiary/aromatic N) is 3. The van der Waals surface area contributed by atoms with Crippen LogP contribution in [0.1, 0.15) is 30.5 Å². The molecule has 29 heavy (non-hydrogen) atoms. The maximum absolute atomic E-state index is 13.1. The molecule has 0 amide bonds. The van der Waals surface area contributed by atoms with Crippen molar-refractivity contribution in [1.82, 2.24) is 14.5 Å². The van der Waals surface area contributed by atoms with Crippen LogP contribution in [-0.2, 0) is 30.2 Å². The van der Waals surface area contributed by atoms with Gasteiger partial charge < -0.3 is 9.64 Å². The van der Waals surface area contributed by atoms with Gasteiger partial charge in [-0.05, 0) is 18.9 Å². The van der Waals surface area contributed by atoms with Crippen LogP contribution in [0.4, 0.5) is 5.82 Å². The fourth-order valence-electron chi connectivity index (χ4n) is 3.54. The molecule has 0 bridgehead atoms. The summed E-state index contributed by atoms with van der Waals surface area (Å²) in [6.45, 7) is 2.53. The summed E-state index contributed by atoms with van der Waals surface area (Å²) in [6.07, 6.45) is 4.33. The lowest BCUT2D eigenvalue weighted by atomic mass is 10.1. The van der Waals surface area contributed by atoms with Crippen molar-refractivity contribution in [2.45, 2.75) is 25.9 Å². The first-order valence-electron chi connectivity index (χ1n) is 9.60. The van der Waals surface area contributed by atoms with E-state index in [1.54, 1.807) is 14.0 Å². The minimum absolute atomic E-state index is 0.0174. The third-order valence-corrected chi connectivity index (χ3v) is 4.94. The molecule has 1 atom stereocenters. The van der Waals surface area contributed by atoms with Crippen molar-refractivity contribution in [3.63, 3.8) is 0 Å². The predicted octanol–water partition coefficient (Wildman–Crippen LogP) is 1.20. The van der Waals surface area contributed by atoms with Gasteiger partial charge in [-0.2, -0.15) is 0 Å². The summed E-state index contributed by atoms with van der Waals surface area (Å²) in [6, 6.07) is 9.41. The van der Waals surface area contributed by atoms with E-state index in [-0.39, 0.29) is 18.1 Å². The Bertz CT molecular complexity index is 1020. The monoisotopic (exact) mass is 398 g/mol. The third-order valence-electron chi connectivity index (χ3n) is 4.94. The lowest BCUT2D eigenvalue weighted by molar-refractivity contribution is -0.142. The van der Waals surface area contributed by atoms with E-state index in [2.05, 4.69) is 5.32 Å². The number of hydrogen-bond donors (Lipinski definition) is 1. The van der Waals surface area contributed by atoms with Gasteiger partial charge in [-0.15, -0.1) is 0 Å². The number of ether oxygens (including phenoxy) is 1. The molecule has 1 aromatic heterocycles. The first-order chi connectivity index (χ1) is 13.9. The highest BCUT2D eigenvalue weighted by Crippen LogP contribution is 2.29. The van der Waals surface area contributed by atoms with Gasteiger partial charge in [0.1, 0.15) is 5.82 Å². The lowest BCUT2D eigenvalue weighted by Crippen LogP contribution is -2.44. The highest BCUT2D eigenvalue weighted by atomic mass is 16.5. The maximum atomic E-state index is 13.1. The van der Waals surface area contributed by atoms with Gasteiger partial charge in [0.2, 0.25) is 0 Å². The smallest absolute Gasteiger partial charge is 0.332 e. The van der Waals surface area contributed by atoms with Crippen molar-refractivity contribution in [1.29, 1.82) is 0 Å². The normalized spacial score (nSPS) is 15.7. The number of rotatable bonds is 6. The summed E-state index contributed by atoms with van der Waals surface area (Å²) in [5.74, 6) is 0.141. The van der Waals surface area contributed by atoms with Crippen LogP contribution in [0, 0.1) is 0 Å². The van der Waals surface area contributed by atoms with E-state index in [0.717, 1.165) is 10.1 Å². The Morgan fingerprint density at radius 2 is 1.90 bits per heavy atom. The van der Waals surface area contributed by atoms with Crippen LogP contribution in [0.5, 0.6) is 0 Å². The van der Waals surface area contributed by atoms with E-state index in [0.29, 0.717) is 31.0 Å². The summed E-state index contributed by atoms with van der Waals surface area (Å²) in [5.41, 5.74) is 0.742. The molecule has 2 aromatic rings. The molecule has 3 rings (SSSR count). The van der Waals surface area contributed by atoms with Gasteiger partial charge >= 0.3 is 11.7 Å². The van der Waals surface area contributed by atoms with Crippen LogP contribution in [-0.4, -0.2) is 28.3 Å². The van der Waals surface area contributed by atoms with Crippen LogP contribution in [0.15, 0.2) is 52.2 Å². The van der Waals surface area contributed by atoms with Gasteiger partial charge in [0, 0.05) is 32.9 Å². The summed E-state index contributed by atoms with van der Waals surface area (Å²) in [4.78, 5) is 39.4. The van der Waals surface area contributed by atoms with Crippen molar-refractivity contribution >= 4 is 11.8 Å². The number of benzene rings is 1. The van der Waals surface area contributed by atoms with E-state index < -0.39 is 11.7 Å². The number of nitrogens with one attached hydrogen (secondary N) is 1. The van der Waals surface area contributed by atoms with E-state index in [4.69, 9.17) is 4.74 Å². The molecule has 0 radical (unpaired) electrons. The van der Waals surface area contributed by atoms with Crippen LogP contribution in [0.25, 0.3) is 0 Å². The zero-order valence-corrected chi connectivity index (χ0v) is 16.9. The fraction of sp³-hybridized carbons (Fsp3) is 0.381. The number of carbonyl (C=O) groups excluding carboxylic acids is 1. The van der Waals surface area contributed by atoms with E-state index in [1.807, 2.05) is 47.5 Å². The molecular weight excluding hydrogens is 372 g/mol. The average Bonchev–Trinajstić information content (AvgIpc) is 2.89. The van der Waals surface area contributed by atoms with Crippen molar-refractivity contribution < 1.29 is 9.53 Å². The largest absolute Gasteiger partial charge is 0.465 e. The second kappa shape index (κ2) is 8.91. The molecule has 154 valence electrons. The Morgan fingerprint density at radius 3 is 2.59 bits per heavy atom. The SMILES string of the molecule is CCOC(=O)CNC1CC=CN(Cc2ccccc2)c2c1c(=O)n(C)c(=O)n2C. The second-order valence-electron chi connectivity index (χ2n) is 6.92. The van der Waals surface area contributed by atoms with Gasteiger partial charge in [0.25, 0.3) is 5.56 Å². The molecule has 0 fully saturated rings. The topological polar surface area (TPSA) is 85.6 Å². The predicted molar refractivity (Wildman–Crippen MR) is 111 cm³/mol. The Balaban J connectivity index is 2.06. The van der Waals surface area contributed by atoms with Crippen molar-refractivity contribution in [3.8, 4) is 0 Å². The standard InChI is InChI=1S/C21H26N4O4/c1-4-29-17(26)13-22-16-11-8-12-25(14-15-9-6-5-7-10-15)19-18(16)20(27)24(3)21(28)23(19)2/h5-10,12,16,22H,4,11,13-14H2,1-3H3. The van der Waals surface area contributed by atoms with Crippen molar-refractivity contribution in [2.75, 3.05) is 18.1 Å². The minimum Gasteiger partial charge on any atom is -0.465 e. The number of carbonyl (C=O) groups is 1. The Kier molecular flexibility index (Phi) is 6.33. The first-order valence-corrected chi connectivity index (χ1v) is 9.60. The Hall–Kier alpha value is -3.13. The summed E-state index contributed by atoms with van der Waals surface area (Å²) >= 11 is 0. The highest BCUT2D eigenvalue weighted by molar-refractivity contribution is 5.71. The van der Waals surface area contributed by atoms with E-state index >= 15 is 0 Å². The van der Waals surface area contributed by atoms with Gasteiger partial charge in [-0.25, -0.2) is 4.79 Å². The van der Waals surface area contributed by atoms with Crippen LogP contribution in [0.3, 0.4) is 0 Å². The molecule has 0 spiro atoms. The van der Waals surface area contributed by atoms with E-state index in [1.165, 1.54) is 11.6 Å². The van der Waals surface area contributed by atoms with Crippen molar-refractivity contribution in [2.24, 2.45) is 14.1 Å². The molecule has 1 aliphatic rings. The zero-order chi connectivity index (χ0) is 21.0. The maximum Gasteiger partial charge on any atom is 0.332 e. The molecule has 8 nitrogen and oxygen atoms in total. The van der Waals surface area contributed by atoms with Crippen LogP contribution >= 0.6 is 0 Å². The van der Waals surface area contributed by atoms with Crippen molar-refractivity contribution in [3.05, 3.63) is 74.6 Å². The highest BCUT2D eigenvalue weighted by Gasteiger charge is 2.28. The first kappa shape index (κ1) is 20.6. The molecule has 2 heterocycles. The molecule has 1 aromatic carbocycles. The fourth-order valence-corrected chi connectivity index (χ4v) is 3.54. The summed E-state index contributed by atoms with van der Waals surface area (Å²) in [7, 11) is 3.12. The van der Waals surface area contributed by atoms with Gasteiger partial charge in [0.05, 0.1) is 18.7 Å². The number of esters is 1. The number of fused-ring (bicyclic) bond motifs is 1. The van der Waals surface area contributed by atoms with Gasteiger partial charge in [-0.3, -0.25) is 24.0 Å². The van der Waals surface area contributed by atoms with Gasteiger partial charge in [-0.1, -0.05) is 36.4 Å². The molecule has 0 saturated carbocycles. The number of anilines is 1. The lowest BCUT2D eigenvalue weighted by Gasteiger charge is -2.27. The van der Waals surface area contributed by atoms with Gasteiger partial charge in [0.15, 0.2) is 0 Å². The summed E-state index contributed by atoms with van der Waals surface area (Å²) in [5, 5.41) is 3.12. The molecule has 8 heteroatoms. The molecule has 0 aliphatic carbocycles.